The van der Waals surface area contributed by atoms with Crippen molar-refractivity contribution in [3.05, 3.63) is 0 Å². The average molecular weight is 156 g/mol. The smallest absolute Gasteiger partial charge is 0.143 e. The van der Waals surface area contributed by atoms with Gasteiger partial charge in [-0.25, -0.2) is 0 Å². The van der Waals surface area contributed by atoms with E-state index in [1.54, 1.807) is 7.11 Å². The van der Waals surface area contributed by atoms with E-state index in [4.69, 9.17) is 4.74 Å². The molecule has 2 nitrogen and oxygen atoms in total. The lowest BCUT2D eigenvalue weighted by Crippen LogP contribution is -2.25. The third kappa shape index (κ3) is 1.62. The minimum Gasteiger partial charge on any atom is -0.384 e. The molecule has 2 heteroatoms. The first-order valence-electron chi connectivity index (χ1n) is 4.16. The second-order valence-electron chi connectivity index (χ2n) is 3.73. The molecule has 0 bridgehead atoms. The van der Waals surface area contributed by atoms with E-state index in [0.717, 1.165) is 12.8 Å². The van der Waals surface area contributed by atoms with Crippen LogP contribution in [-0.4, -0.2) is 19.5 Å². The monoisotopic (exact) mass is 156 g/mol. The number of Topliss-reactive ketones (excluding diaryl/α,β-unsaturated/α-hetero) is 1. The molecular weight excluding hydrogens is 140 g/mol. The molecule has 0 heterocycles. The first-order chi connectivity index (χ1) is 5.12. The molecule has 1 aliphatic carbocycles. The summed E-state index contributed by atoms with van der Waals surface area (Å²) in [5, 5.41) is 0. The summed E-state index contributed by atoms with van der Waals surface area (Å²) in [6.45, 7) is 4.53. The van der Waals surface area contributed by atoms with Gasteiger partial charge in [0, 0.05) is 13.0 Å². The van der Waals surface area contributed by atoms with E-state index in [0.29, 0.717) is 12.4 Å². The van der Waals surface area contributed by atoms with Crippen LogP contribution >= 0.6 is 0 Å². The van der Waals surface area contributed by atoms with Crippen molar-refractivity contribution >= 4 is 5.78 Å². The minimum absolute atomic E-state index is 0.0804. The van der Waals surface area contributed by atoms with Crippen molar-refractivity contribution in [1.29, 1.82) is 0 Å². The number of methoxy groups -OCH3 is 1. The minimum atomic E-state index is -0.0804. The van der Waals surface area contributed by atoms with Crippen molar-refractivity contribution in [3.63, 3.8) is 0 Å². The molecule has 1 rings (SSSR count). The lowest BCUT2D eigenvalue weighted by Gasteiger charge is -2.14. The fourth-order valence-electron chi connectivity index (χ4n) is 1.50. The molecule has 0 unspecified atom stereocenters. The molecule has 1 saturated carbocycles. The zero-order chi connectivity index (χ0) is 8.48. The number of carbonyl (C=O) groups excluding carboxylic acids is 1. The summed E-state index contributed by atoms with van der Waals surface area (Å²) >= 11 is 0. The first kappa shape index (κ1) is 8.72. The van der Waals surface area contributed by atoms with Crippen LogP contribution in [0.3, 0.4) is 0 Å². The number of ketones is 1. The Kier molecular flexibility index (Phi) is 2.33. The van der Waals surface area contributed by atoms with Gasteiger partial charge < -0.3 is 4.74 Å². The van der Waals surface area contributed by atoms with Crippen LogP contribution in [-0.2, 0) is 9.53 Å². The van der Waals surface area contributed by atoms with Gasteiger partial charge in [0.25, 0.3) is 0 Å². The van der Waals surface area contributed by atoms with Crippen LogP contribution < -0.4 is 0 Å². The molecule has 0 radical (unpaired) electrons. The molecule has 0 spiro atoms. The molecule has 0 atom stereocenters. The van der Waals surface area contributed by atoms with Gasteiger partial charge in [-0.3, -0.25) is 4.79 Å². The topological polar surface area (TPSA) is 26.3 Å². The average Bonchev–Trinajstić information content (AvgIpc) is 2.69. The van der Waals surface area contributed by atoms with E-state index in [1.165, 1.54) is 0 Å². The summed E-state index contributed by atoms with van der Waals surface area (Å²) in [5.74, 6) is 0.534. The van der Waals surface area contributed by atoms with Gasteiger partial charge in [-0.05, 0) is 12.8 Å². The predicted octanol–water partition coefficient (Wildman–Crippen LogP) is 1.64. The lowest BCUT2D eigenvalue weighted by molar-refractivity contribution is -0.129. The highest BCUT2D eigenvalue weighted by Gasteiger charge is 2.49. The standard InChI is InChI=1S/C9H16O2/c1-7(2)8(10)9(4-5-9)6-11-3/h7H,4-6H2,1-3H3. The number of rotatable bonds is 4. The summed E-state index contributed by atoms with van der Waals surface area (Å²) in [7, 11) is 1.66. The number of ether oxygens (including phenoxy) is 1. The van der Waals surface area contributed by atoms with Gasteiger partial charge in [-0.1, -0.05) is 13.8 Å². The maximum Gasteiger partial charge on any atom is 0.143 e. The summed E-state index contributed by atoms with van der Waals surface area (Å²) in [5.41, 5.74) is -0.0804. The summed E-state index contributed by atoms with van der Waals surface area (Å²) in [6.07, 6.45) is 2.05. The van der Waals surface area contributed by atoms with Gasteiger partial charge in [0.15, 0.2) is 0 Å². The lowest BCUT2D eigenvalue weighted by atomic mass is 9.93. The molecule has 0 N–H and O–H groups in total. The van der Waals surface area contributed by atoms with Crippen molar-refractivity contribution in [2.45, 2.75) is 26.7 Å². The Morgan fingerprint density at radius 3 is 2.36 bits per heavy atom. The normalized spacial score (nSPS) is 20.4. The Morgan fingerprint density at radius 1 is 1.55 bits per heavy atom. The van der Waals surface area contributed by atoms with Crippen LogP contribution in [0.2, 0.25) is 0 Å². The van der Waals surface area contributed by atoms with Crippen LogP contribution in [0.5, 0.6) is 0 Å². The third-order valence-corrected chi connectivity index (χ3v) is 2.32. The molecular formula is C9H16O2. The second kappa shape index (κ2) is 2.94. The van der Waals surface area contributed by atoms with Gasteiger partial charge >= 0.3 is 0 Å². The van der Waals surface area contributed by atoms with E-state index < -0.39 is 0 Å². The van der Waals surface area contributed by atoms with Crippen molar-refractivity contribution in [3.8, 4) is 0 Å². The van der Waals surface area contributed by atoms with Gasteiger partial charge in [-0.2, -0.15) is 0 Å². The second-order valence-corrected chi connectivity index (χ2v) is 3.73. The number of hydrogen-bond donors (Lipinski definition) is 0. The quantitative estimate of drug-likeness (QED) is 0.618. The molecule has 1 aliphatic rings. The highest BCUT2D eigenvalue weighted by atomic mass is 16.5. The SMILES string of the molecule is COCC1(C(=O)C(C)C)CC1. The zero-order valence-electron chi connectivity index (χ0n) is 7.52. The fourth-order valence-corrected chi connectivity index (χ4v) is 1.50. The Morgan fingerprint density at radius 2 is 2.09 bits per heavy atom. The predicted molar refractivity (Wildman–Crippen MR) is 43.4 cm³/mol. The third-order valence-electron chi connectivity index (χ3n) is 2.32. The van der Waals surface area contributed by atoms with E-state index >= 15 is 0 Å². The van der Waals surface area contributed by atoms with E-state index in [9.17, 15) is 4.79 Å². The van der Waals surface area contributed by atoms with Gasteiger partial charge in [-0.15, -0.1) is 0 Å². The molecule has 0 saturated heterocycles. The first-order valence-corrected chi connectivity index (χ1v) is 4.16. The fraction of sp³-hybridized carbons (Fsp3) is 0.889. The van der Waals surface area contributed by atoms with Crippen molar-refractivity contribution in [2.24, 2.45) is 11.3 Å². The molecule has 64 valence electrons. The van der Waals surface area contributed by atoms with Crippen LogP contribution in [0.15, 0.2) is 0 Å². The van der Waals surface area contributed by atoms with Crippen molar-refractivity contribution in [1.82, 2.24) is 0 Å². The Bertz CT molecular complexity index is 157. The molecule has 0 aromatic carbocycles. The number of hydrogen-bond acceptors (Lipinski definition) is 2. The molecule has 0 amide bonds. The zero-order valence-corrected chi connectivity index (χ0v) is 7.52. The highest BCUT2D eigenvalue weighted by molar-refractivity contribution is 5.89. The Balaban J connectivity index is 2.51. The maximum absolute atomic E-state index is 11.5. The summed E-state index contributed by atoms with van der Waals surface area (Å²) < 4.78 is 5.02. The molecule has 0 aromatic rings. The Labute approximate surface area is 67.9 Å². The van der Waals surface area contributed by atoms with E-state index in [1.807, 2.05) is 13.8 Å². The van der Waals surface area contributed by atoms with Crippen LogP contribution in [0.25, 0.3) is 0 Å². The van der Waals surface area contributed by atoms with Crippen LogP contribution in [0, 0.1) is 11.3 Å². The molecule has 1 fully saturated rings. The van der Waals surface area contributed by atoms with E-state index in [2.05, 4.69) is 0 Å². The highest BCUT2D eigenvalue weighted by Crippen LogP contribution is 2.48. The molecule has 0 aromatic heterocycles. The number of carbonyl (C=O) groups is 1. The van der Waals surface area contributed by atoms with Crippen LogP contribution in [0.4, 0.5) is 0 Å². The molecule has 11 heavy (non-hydrogen) atoms. The van der Waals surface area contributed by atoms with Crippen molar-refractivity contribution < 1.29 is 9.53 Å². The van der Waals surface area contributed by atoms with Gasteiger partial charge in [0.1, 0.15) is 5.78 Å². The largest absolute Gasteiger partial charge is 0.384 e. The maximum atomic E-state index is 11.5. The van der Waals surface area contributed by atoms with Gasteiger partial charge in [0.05, 0.1) is 12.0 Å². The Hall–Kier alpha value is -0.370. The molecule has 0 aliphatic heterocycles. The summed E-state index contributed by atoms with van der Waals surface area (Å²) in [6, 6.07) is 0. The van der Waals surface area contributed by atoms with E-state index in [-0.39, 0.29) is 11.3 Å². The van der Waals surface area contributed by atoms with Gasteiger partial charge in [0.2, 0.25) is 0 Å². The van der Waals surface area contributed by atoms with Crippen molar-refractivity contribution in [2.75, 3.05) is 13.7 Å². The van der Waals surface area contributed by atoms with Crippen LogP contribution in [0.1, 0.15) is 26.7 Å². The summed E-state index contributed by atoms with van der Waals surface area (Å²) in [4.78, 5) is 11.5.